The van der Waals surface area contributed by atoms with E-state index in [1.807, 2.05) is 6.07 Å². The number of carbonyl (C=O) groups is 1. The lowest BCUT2D eigenvalue weighted by atomic mass is 9.83. The van der Waals surface area contributed by atoms with Crippen LogP contribution in [0.3, 0.4) is 0 Å². The van der Waals surface area contributed by atoms with E-state index in [2.05, 4.69) is 15.9 Å². The van der Waals surface area contributed by atoms with Gasteiger partial charge in [0, 0.05) is 4.47 Å². The largest absolute Gasteiger partial charge is 0.463 e. The first-order chi connectivity index (χ1) is 12.1. The molecule has 1 atom stereocenters. The van der Waals surface area contributed by atoms with Crippen LogP contribution in [0.5, 0.6) is 0 Å². The minimum Gasteiger partial charge on any atom is -0.463 e. The minimum absolute atomic E-state index is 0.0121. The summed E-state index contributed by atoms with van der Waals surface area (Å²) in [6.45, 7) is 3.16. The molecule has 0 saturated heterocycles. The zero-order valence-corrected chi connectivity index (χ0v) is 15.4. The molecule has 0 saturated carbocycles. The number of nitriles is 1. The van der Waals surface area contributed by atoms with Crippen molar-refractivity contribution in [2.45, 2.75) is 25.9 Å². The summed E-state index contributed by atoms with van der Waals surface area (Å²) < 4.78 is 49.1. The summed E-state index contributed by atoms with van der Waals surface area (Å²) in [7, 11) is 0. The van der Waals surface area contributed by atoms with Gasteiger partial charge in [0.25, 0.3) is 0 Å². The van der Waals surface area contributed by atoms with Crippen LogP contribution in [0, 0.1) is 11.3 Å². The molecule has 1 aliphatic rings. The van der Waals surface area contributed by atoms with Crippen LogP contribution in [0.25, 0.3) is 0 Å². The van der Waals surface area contributed by atoms with Crippen LogP contribution in [-0.2, 0) is 20.4 Å². The monoisotopic (exact) mass is 430 g/mol. The van der Waals surface area contributed by atoms with Crippen LogP contribution in [0.4, 0.5) is 13.2 Å². The second-order valence-corrected chi connectivity index (χ2v) is 6.20. The van der Waals surface area contributed by atoms with E-state index >= 15 is 0 Å². The highest BCUT2D eigenvalue weighted by Crippen LogP contribution is 2.43. The smallest absolute Gasteiger partial charge is 0.416 e. The van der Waals surface area contributed by atoms with Gasteiger partial charge in [0.1, 0.15) is 17.4 Å². The Morgan fingerprint density at radius 2 is 2.12 bits per heavy atom. The third-order valence-corrected chi connectivity index (χ3v) is 4.43. The third-order valence-electron chi connectivity index (χ3n) is 3.74. The third kappa shape index (κ3) is 3.70. The van der Waals surface area contributed by atoms with Gasteiger partial charge >= 0.3 is 12.1 Å². The molecule has 5 nitrogen and oxygen atoms in total. The summed E-state index contributed by atoms with van der Waals surface area (Å²) in [4.78, 5) is 12.4. The van der Waals surface area contributed by atoms with Crippen LogP contribution in [0.1, 0.15) is 30.9 Å². The van der Waals surface area contributed by atoms with Crippen molar-refractivity contribution in [2.75, 3.05) is 6.61 Å². The number of nitrogens with zero attached hydrogens (tertiary/aromatic N) is 1. The summed E-state index contributed by atoms with van der Waals surface area (Å²) in [5.74, 6) is -1.84. The Labute approximate surface area is 156 Å². The summed E-state index contributed by atoms with van der Waals surface area (Å²) in [6.07, 6.45) is -4.53. The van der Waals surface area contributed by atoms with Gasteiger partial charge in [0.05, 0.1) is 23.7 Å². The summed E-state index contributed by atoms with van der Waals surface area (Å²) in [5.41, 5.74) is 5.07. The highest BCUT2D eigenvalue weighted by atomic mass is 79.9. The average Bonchev–Trinajstić information content (AvgIpc) is 2.53. The topological polar surface area (TPSA) is 85.3 Å². The predicted octanol–water partition coefficient (Wildman–Crippen LogP) is 4.11. The van der Waals surface area contributed by atoms with Gasteiger partial charge in [-0.2, -0.15) is 18.4 Å². The molecular formula is C17H14BrF3N2O3. The Morgan fingerprint density at radius 1 is 1.46 bits per heavy atom. The molecule has 0 aliphatic carbocycles. The van der Waals surface area contributed by atoms with Crippen molar-refractivity contribution in [3.05, 3.63) is 56.6 Å². The Bertz CT molecular complexity index is 854. The lowest BCUT2D eigenvalue weighted by Crippen LogP contribution is -2.26. The molecule has 0 amide bonds. The van der Waals surface area contributed by atoms with Crippen molar-refractivity contribution < 1.29 is 27.4 Å². The van der Waals surface area contributed by atoms with Crippen molar-refractivity contribution in [2.24, 2.45) is 5.73 Å². The van der Waals surface area contributed by atoms with Crippen LogP contribution in [0.15, 0.2) is 45.5 Å². The van der Waals surface area contributed by atoms with E-state index in [1.54, 1.807) is 6.92 Å². The highest BCUT2D eigenvalue weighted by molar-refractivity contribution is 9.10. The van der Waals surface area contributed by atoms with Gasteiger partial charge in [-0.25, -0.2) is 4.79 Å². The maximum absolute atomic E-state index is 12.9. The molecule has 0 bridgehead atoms. The number of benzene rings is 1. The number of allylic oxidation sites excluding steroid dienone is 2. The van der Waals surface area contributed by atoms with Crippen molar-refractivity contribution in [3.8, 4) is 6.07 Å². The second kappa shape index (κ2) is 7.41. The van der Waals surface area contributed by atoms with Gasteiger partial charge in [0.15, 0.2) is 0 Å². The number of alkyl halides is 3. The van der Waals surface area contributed by atoms with Gasteiger partial charge in [-0.3, -0.25) is 0 Å². The molecular weight excluding hydrogens is 417 g/mol. The fourth-order valence-corrected chi connectivity index (χ4v) is 3.21. The number of esters is 1. The number of hydrogen-bond donors (Lipinski definition) is 1. The normalized spacial score (nSPS) is 17.7. The number of rotatable bonds is 3. The minimum atomic E-state index is -4.53. The molecule has 0 fully saturated rings. The van der Waals surface area contributed by atoms with Gasteiger partial charge < -0.3 is 15.2 Å². The quantitative estimate of drug-likeness (QED) is 0.729. The summed E-state index contributed by atoms with van der Waals surface area (Å²) >= 11 is 3.10. The first-order valence-electron chi connectivity index (χ1n) is 7.43. The van der Waals surface area contributed by atoms with Crippen LogP contribution < -0.4 is 5.73 Å². The second-order valence-electron chi connectivity index (χ2n) is 5.35. The zero-order valence-electron chi connectivity index (χ0n) is 13.8. The molecule has 0 radical (unpaired) electrons. The molecule has 26 heavy (non-hydrogen) atoms. The molecule has 0 aromatic heterocycles. The molecule has 2 rings (SSSR count). The van der Waals surface area contributed by atoms with Crippen LogP contribution in [0.2, 0.25) is 0 Å². The van der Waals surface area contributed by atoms with E-state index in [1.165, 1.54) is 13.0 Å². The van der Waals surface area contributed by atoms with Crippen molar-refractivity contribution in [1.82, 2.24) is 0 Å². The van der Waals surface area contributed by atoms with Crippen molar-refractivity contribution in [3.63, 3.8) is 0 Å². The molecule has 1 aliphatic heterocycles. The van der Waals surface area contributed by atoms with Crippen LogP contribution >= 0.6 is 15.9 Å². The Morgan fingerprint density at radius 3 is 2.62 bits per heavy atom. The first kappa shape index (κ1) is 19.8. The zero-order chi connectivity index (χ0) is 19.6. The molecule has 1 aromatic rings. The number of carbonyl (C=O) groups excluding carboxylic acids is 1. The van der Waals surface area contributed by atoms with Gasteiger partial charge in [-0.05, 0) is 31.5 Å². The van der Waals surface area contributed by atoms with E-state index < -0.39 is 23.6 Å². The average molecular weight is 431 g/mol. The fourth-order valence-electron chi connectivity index (χ4n) is 2.60. The number of ether oxygens (including phenoxy) is 2. The summed E-state index contributed by atoms with van der Waals surface area (Å²) in [6, 6.07) is 4.82. The van der Waals surface area contributed by atoms with Gasteiger partial charge in [0.2, 0.25) is 5.88 Å². The molecule has 0 spiro atoms. The standard InChI is InChI=1S/C17H14BrF3N2O3/c1-3-25-16(24)13-8(2)26-15(23)11(7-22)14(13)10-5-4-9(6-12(10)18)17(19,20)21/h4-6,14H,3,23H2,1-2H3. The van der Waals surface area contributed by atoms with E-state index in [9.17, 15) is 23.2 Å². The van der Waals surface area contributed by atoms with Gasteiger partial charge in [-0.15, -0.1) is 0 Å². The van der Waals surface area contributed by atoms with Crippen molar-refractivity contribution in [1.29, 1.82) is 5.26 Å². The number of halogens is 4. The predicted molar refractivity (Wildman–Crippen MR) is 89.1 cm³/mol. The van der Waals surface area contributed by atoms with Crippen LogP contribution in [-0.4, -0.2) is 12.6 Å². The van der Waals surface area contributed by atoms with E-state index in [4.69, 9.17) is 15.2 Å². The number of hydrogen-bond acceptors (Lipinski definition) is 5. The van der Waals surface area contributed by atoms with Crippen molar-refractivity contribution >= 4 is 21.9 Å². The molecule has 1 aromatic carbocycles. The summed E-state index contributed by atoms with van der Waals surface area (Å²) in [5, 5.41) is 9.45. The maximum Gasteiger partial charge on any atom is 0.416 e. The lowest BCUT2D eigenvalue weighted by molar-refractivity contribution is -0.139. The Hall–Kier alpha value is -2.47. The Balaban J connectivity index is 2.66. The molecule has 138 valence electrons. The van der Waals surface area contributed by atoms with E-state index in [-0.39, 0.29) is 39.4 Å². The number of nitrogens with two attached hydrogens (primary N) is 1. The molecule has 9 heteroatoms. The van der Waals surface area contributed by atoms with Gasteiger partial charge in [-0.1, -0.05) is 22.0 Å². The van der Waals surface area contributed by atoms with E-state index in [0.29, 0.717) is 0 Å². The molecule has 1 unspecified atom stereocenters. The molecule has 2 N–H and O–H groups in total. The SMILES string of the molecule is CCOC(=O)C1=C(C)OC(N)=C(C#N)C1c1ccc(C(F)(F)F)cc1Br. The Kier molecular flexibility index (Phi) is 5.66. The first-order valence-corrected chi connectivity index (χ1v) is 8.23. The maximum atomic E-state index is 12.9. The lowest BCUT2D eigenvalue weighted by Gasteiger charge is -2.27. The highest BCUT2D eigenvalue weighted by Gasteiger charge is 2.38. The van der Waals surface area contributed by atoms with E-state index in [0.717, 1.165) is 12.1 Å². The molecule has 1 heterocycles. The fraction of sp³-hybridized carbons (Fsp3) is 0.294.